The lowest BCUT2D eigenvalue weighted by Gasteiger charge is -2.32. The summed E-state index contributed by atoms with van der Waals surface area (Å²) in [5.74, 6) is -1.67. The Morgan fingerprint density at radius 1 is 1.32 bits per heavy atom. The van der Waals surface area contributed by atoms with Crippen molar-refractivity contribution in [3.05, 3.63) is 29.6 Å². The first-order valence-corrected chi connectivity index (χ1v) is 7.16. The standard InChI is InChI=1S/C15H21BFNO4/c1-14(2)15(3,4)22-16(21-14)10-6-5-9(11(17)8-10)7-12(18)13(19)20/h5-6,8,12H,7,18H2,1-4H3,(H,19,20)/t12-/m0/s1. The van der Waals surface area contributed by atoms with Crippen LogP contribution in [0.2, 0.25) is 0 Å². The zero-order chi connectivity index (χ0) is 16.7. The number of hydrogen-bond donors (Lipinski definition) is 2. The molecule has 1 saturated heterocycles. The number of aliphatic carboxylic acids is 1. The van der Waals surface area contributed by atoms with Gasteiger partial charge in [-0.3, -0.25) is 4.79 Å². The average Bonchev–Trinajstić information content (AvgIpc) is 2.60. The second kappa shape index (κ2) is 5.64. The number of benzene rings is 1. The van der Waals surface area contributed by atoms with Crippen molar-refractivity contribution < 1.29 is 23.6 Å². The molecule has 0 aliphatic carbocycles. The fourth-order valence-electron chi connectivity index (χ4n) is 2.18. The molecule has 1 aliphatic heterocycles. The third-order valence-corrected chi connectivity index (χ3v) is 4.36. The molecule has 3 N–H and O–H groups in total. The van der Waals surface area contributed by atoms with Crippen LogP contribution in [0.1, 0.15) is 33.3 Å². The first-order chi connectivity index (χ1) is 10.0. The van der Waals surface area contributed by atoms with E-state index >= 15 is 0 Å². The molecule has 0 saturated carbocycles. The van der Waals surface area contributed by atoms with Crippen LogP contribution in [0.15, 0.2) is 18.2 Å². The van der Waals surface area contributed by atoms with Crippen LogP contribution in [0.4, 0.5) is 4.39 Å². The molecule has 1 aliphatic rings. The molecule has 1 aromatic rings. The fraction of sp³-hybridized carbons (Fsp3) is 0.533. The van der Waals surface area contributed by atoms with Gasteiger partial charge in [0.05, 0.1) is 11.2 Å². The normalized spacial score (nSPS) is 20.9. The lowest BCUT2D eigenvalue weighted by atomic mass is 9.78. The monoisotopic (exact) mass is 309 g/mol. The molecule has 0 radical (unpaired) electrons. The molecule has 1 atom stereocenters. The molecule has 120 valence electrons. The molecule has 2 rings (SSSR count). The Bertz CT molecular complexity index is 575. The van der Waals surface area contributed by atoms with E-state index in [4.69, 9.17) is 20.1 Å². The smallest absolute Gasteiger partial charge is 0.480 e. The van der Waals surface area contributed by atoms with Crippen molar-refractivity contribution in [3.63, 3.8) is 0 Å². The molecule has 22 heavy (non-hydrogen) atoms. The minimum absolute atomic E-state index is 0.0647. The summed E-state index contributed by atoms with van der Waals surface area (Å²) in [6.45, 7) is 7.68. The van der Waals surface area contributed by atoms with Crippen LogP contribution in [-0.4, -0.2) is 35.4 Å². The molecule has 1 aromatic carbocycles. The second-order valence-electron chi connectivity index (χ2n) is 6.59. The topological polar surface area (TPSA) is 81.8 Å². The Balaban J connectivity index is 2.19. The number of carboxylic acids is 1. The molecule has 0 spiro atoms. The summed E-state index contributed by atoms with van der Waals surface area (Å²) in [7, 11) is -0.651. The molecular weight excluding hydrogens is 288 g/mol. The van der Waals surface area contributed by atoms with Gasteiger partial charge in [-0.15, -0.1) is 0 Å². The van der Waals surface area contributed by atoms with E-state index in [1.807, 2.05) is 27.7 Å². The predicted molar refractivity (Wildman–Crippen MR) is 81.4 cm³/mol. The third kappa shape index (κ3) is 3.16. The molecule has 1 fully saturated rings. The van der Waals surface area contributed by atoms with E-state index in [2.05, 4.69) is 0 Å². The number of carbonyl (C=O) groups is 1. The van der Waals surface area contributed by atoms with Crippen LogP contribution in [0.5, 0.6) is 0 Å². The predicted octanol–water partition coefficient (Wildman–Crippen LogP) is 1.08. The summed E-state index contributed by atoms with van der Waals surface area (Å²) in [6, 6.07) is 3.39. The molecule has 0 aromatic heterocycles. The highest BCUT2D eigenvalue weighted by Gasteiger charge is 2.51. The Morgan fingerprint density at radius 2 is 1.86 bits per heavy atom. The summed E-state index contributed by atoms with van der Waals surface area (Å²) < 4.78 is 25.9. The van der Waals surface area contributed by atoms with Crippen LogP contribution < -0.4 is 11.2 Å². The van der Waals surface area contributed by atoms with Crippen LogP contribution in [-0.2, 0) is 20.5 Å². The van der Waals surface area contributed by atoms with E-state index in [0.29, 0.717) is 5.46 Å². The third-order valence-electron chi connectivity index (χ3n) is 4.36. The highest BCUT2D eigenvalue weighted by molar-refractivity contribution is 6.62. The van der Waals surface area contributed by atoms with Crippen LogP contribution >= 0.6 is 0 Å². The van der Waals surface area contributed by atoms with Crippen molar-refractivity contribution in [2.75, 3.05) is 0 Å². The Kier molecular flexibility index (Phi) is 4.34. The van der Waals surface area contributed by atoms with Gasteiger partial charge in [-0.25, -0.2) is 4.39 Å². The summed E-state index contributed by atoms with van der Waals surface area (Å²) in [6.07, 6.45) is -0.0647. The van der Waals surface area contributed by atoms with Crippen molar-refractivity contribution in [3.8, 4) is 0 Å². The minimum atomic E-state index is -1.16. The Labute approximate surface area is 129 Å². The highest BCUT2D eigenvalue weighted by Crippen LogP contribution is 2.36. The molecule has 0 unspecified atom stereocenters. The summed E-state index contributed by atoms with van der Waals surface area (Å²) in [4.78, 5) is 10.7. The van der Waals surface area contributed by atoms with Crippen molar-refractivity contribution in [1.29, 1.82) is 0 Å². The number of halogens is 1. The lowest BCUT2D eigenvalue weighted by Crippen LogP contribution is -2.41. The minimum Gasteiger partial charge on any atom is -0.480 e. The van der Waals surface area contributed by atoms with Crippen molar-refractivity contribution in [2.45, 2.75) is 51.4 Å². The van der Waals surface area contributed by atoms with Crippen LogP contribution in [0.3, 0.4) is 0 Å². The van der Waals surface area contributed by atoms with Gasteiger partial charge in [-0.2, -0.15) is 0 Å². The molecule has 5 nitrogen and oxygen atoms in total. The number of nitrogens with two attached hydrogens (primary N) is 1. The first kappa shape index (κ1) is 16.9. The summed E-state index contributed by atoms with van der Waals surface area (Å²) in [5.41, 5.74) is 5.25. The Morgan fingerprint density at radius 3 is 2.32 bits per heavy atom. The van der Waals surface area contributed by atoms with Gasteiger partial charge in [0.25, 0.3) is 0 Å². The first-order valence-electron chi connectivity index (χ1n) is 7.16. The van der Waals surface area contributed by atoms with Gasteiger partial charge in [0, 0.05) is 6.42 Å². The maximum atomic E-state index is 14.2. The molecular formula is C15H21BFNO4. The fourth-order valence-corrected chi connectivity index (χ4v) is 2.18. The van der Waals surface area contributed by atoms with Crippen molar-refractivity contribution in [1.82, 2.24) is 0 Å². The van der Waals surface area contributed by atoms with Gasteiger partial charge in [0.1, 0.15) is 11.9 Å². The molecule has 0 amide bonds. The number of hydrogen-bond acceptors (Lipinski definition) is 4. The van der Waals surface area contributed by atoms with E-state index in [0.717, 1.165) is 0 Å². The molecule has 0 bridgehead atoms. The van der Waals surface area contributed by atoms with E-state index in [9.17, 15) is 9.18 Å². The summed E-state index contributed by atoms with van der Waals surface area (Å²) in [5, 5.41) is 8.79. The summed E-state index contributed by atoms with van der Waals surface area (Å²) >= 11 is 0. The number of rotatable bonds is 4. The largest absolute Gasteiger partial charge is 0.494 e. The SMILES string of the molecule is CC1(C)OB(c2ccc(C[C@H](N)C(=O)O)c(F)c2)OC1(C)C. The zero-order valence-electron chi connectivity index (χ0n) is 13.2. The van der Waals surface area contributed by atoms with Gasteiger partial charge >= 0.3 is 13.1 Å². The quantitative estimate of drug-likeness (QED) is 0.813. The van der Waals surface area contributed by atoms with Gasteiger partial charge in [-0.1, -0.05) is 12.1 Å². The maximum Gasteiger partial charge on any atom is 0.494 e. The van der Waals surface area contributed by atoms with Crippen LogP contribution in [0, 0.1) is 5.82 Å². The van der Waals surface area contributed by atoms with Crippen molar-refractivity contribution in [2.24, 2.45) is 5.73 Å². The Hall–Kier alpha value is -1.44. The number of carboxylic acid groups (broad SMARTS) is 1. The van der Waals surface area contributed by atoms with Gasteiger partial charge < -0.3 is 20.1 Å². The highest BCUT2D eigenvalue weighted by atomic mass is 19.1. The maximum absolute atomic E-state index is 14.2. The molecule has 7 heteroatoms. The van der Waals surface area contributed by atoms with Gasteiger partial charge in [0.15, 0.2) is 0 Å². The second-order valence-corrected chi connectivity index (χ2v) is 6.59. The zero-order valence-corrected chi connectivity index (χ0v) is 13.2. The van der Waals surface area contributed by atoms with Gasteiger partial charge in [0.2, 0.25) is 0 Å². The average molecular weight is 309 g/mol. The van der Waals surface area contributed by atoms with Crippen LogP contribution in [0.25, 0.3) is 0 Å². The van der Waals surface area contributed by atoms with Crippen molar-refractivity contribution >= 4 is 18.6 Å². The van der Waals surface area contributed by atoms with E-state index in [1.165, 1.54) is 12.1 Å². The molecule has 1 heterocycles. The van der Waals surface area contributed by atoms with E-state index < -0.39 is 36.1 Å². The van der Waals surface area contributed by atoms with Gasteiger partial charge in [-0.05, 0) is 44.8 Å². The lowest BCUT2D eigenvalue weighted by molar-refractivity contribution is -0.138. The van der Waals surface area contributed by atoms with E-state index in [1.54, 1.807) is 6.07 Å². The van der Waals surface area contributed by atoms with E-state index in [-0.39, 0.29) is 12.0 Å².